The lowest BCUT2D eigenvalue weighted by Gasteiger charge is -2.06. The summed E-state index contributed by atoms with van der Waals surface area (Å²) in [5, 5.41) is 11.0. The van der Waals surface area contributed by atoms with Crippen molar-refractivity contribution in [3.05, 3.63) is 64.2 Å². The van der Waals surface area contributed by atoms with Crippen LogP contribution in [-0.4, -0.2) is 20.9 Å². The molecule has 1 atom stereocenters. The van der Waals surface area contributed by atoms with Gasteiger partial charge in [0.05, 0.1) is 15.7 Å². The van der Waals surface area contributed by atoms with Crippen molar-refractivity contribution < 1.29 is 18.7 Å². The van der Waals surface area contributed by atoms with Crippen LogP contribution < -0.4 is 4.74 Å². The van der Waals surface area contributed by atoms with E-state index in [1.807, 2.05) is 12.1 Å². The molecule has 2 aromatic carbocycles. The van der Waals surface area contributed by atoms with Crippen molar-refractivity contribution in [1.82, 2.24) is 0 Å². The van der Waals surface area contributed by atoms with Crippen molar-refractivity contribution in [3.63, 3.8) is 0 Å². The second kappa shape index (κ2) is 9.08. The van der Waals surface area contributed by atoms with Gasteiger partial charge in [-0.05, 0) is 36.6 Å². The molecule has 6 nitrogen and oxygen atoms in total. The number of ether oxygens (including phenoxy) is 1. The van der Waals surface area contributed by atoms with E-state index >= 15 is 0 Å². The highest BCUT2D eigenvalue weighted by Gasteiger charge is 2.21. The van der Waals surface area contributed by atoms with Gasteiger partial charge < -0.3 is 4.74 Å². The molecule has 0 amide bonds. The van der Waals surface area contributed by atoms with Crippen LogP contribution in [0.4, 0.5) is 5.69 Å². The predicted molar refractivity (Wildman–Crippen MR) is 95.1 cm³/mol. The molecule has 0 aliphatic carbocycles. The molecule has 0 N–H and O–H groups in total. The summed E-state index contributed by atoms with van der Waals surface area (Å²) < 4.78 is 17.4. The van der Waals surface area contributed by atoms with E-state index in [0.717, 1.165) is 24.8 Å². The van der Waals surface area contributed by atoms with Gasteiger partial charge in [0.25, 0.3) is 5.69 Å². The van der Waals surface area contributed by atoms with Crippen molar-refractivity contribution in [2.24, 2.45) is 0 Å². The van der Waals surface area contributed by atoms with Crippen LogP contribution in [0.5, 0.6) is 5.75 Å². The molecule has 0 radical (unpaired) electrons. The van der Waals surface area contributed by atoms with Gasteiger partial charge >= 0.3 is 5.97 Å². The topological polar surface area (TPSA) is 86.5 Å². The van der Waals surface area contributed by atoms with E-state index in [0.29, 0.717) is 5.75 Å². The third-order valence-corrected chi connectivity index (χ3v) is 4.86. The van der Waals surface area contributed by atoms with Crippen molar-refractivity contribution >= 4 is 22.5 Å². The van der Waals surface area contributed by atoms with E-state index in [4.69, 9.17) is 4.74 Å². The zero-order valence-electron chi connectivity index (χ0n) is 13.8. The number of hydrogen-bond acceptors (Lipinski definition) is 5. The molecule has 0 saturated carbocycles. The SMILES string of the molecule is CCCCc1ccc(OC(=O)C[S@@](=O)c2ccccc2[N+](=O)[O-])cc1. The fraction of sp³-hybridized carbons (Fsp3) is 0.278. The van der Waals surface area contributed by atoms with E-state index in [-0.39, 0.29) is 10.6 Å². The van der Waals surface area contributed by atoms with Gasteiger partial charge in [0.1, 0.15) is 16.4 Å². The Balaban J connectivity index is 1.98. The number of nitro groups is 1. The zero-order chi connectivity index (χ0) is 18.2. The molecule has 0 saturated heterocycles. The molecule has 0 bridgehead atoms. The first-order chi connectivity index (χ1) is 12.0. The number of nitrogens with zero attached hydrogens (tertiary/aromatic N) is 1. The van der Waals surface area contributed by atoms with Gasteiger partial charge in [0.15, 0.2) is 0 Å². The van der Waals surface area contributed by atoms with Gasteiger partial charge in [-0.2, -0.15) is 0 Å². The molecule has 0 unspecified atom stereocenters. The van der Waals surface area contributed by atoms with Gasteiger partial charge in [-0.3, -0.25) is 19.1 Å². The molecule has 0 fully saturated rings. The molecule has 0 spiro atoms. The van der Waals surface area contributed by atoms with Crippen LogP contribution >= 0.6 is 0 Å². The Morgan fingerprint density at radius 3 is 2.48 bits per heavy atom. The first-order valence-corrected chi connectivity index (χ1v) is 9.24. The Hall–Kier alpha value is -2.54. The van der Waals surface area contributed by atoms with Crippen molar-refractivity contribution in [2.45, 2.75) is 31.1 Å². The van der Waals surface area contributed by atoms with Gasteiger partial charge in [0, 0.05) is 6.07 Å². The third-order valence-electron chi connectivity index (χ3n) is 3.53. The molecule has 7 heteroatoms. The summed E-state index contributed by atoms with van der Waals surface area (Å²) in [5.74, 6) is -0.773. The number of aryl methyl sites for hydroxylation is 1. The van der Waals surface area contributed by atoms with Crippen molar-refractivity contribution in [1.29, 1.82) is 0 Å². The Bertz CT molecular complexity index is 773. The summed E-state index contributed by atoms with van der Waals surface area (Å²) in [6.45, 7) is 2.12. The summed E-state index contributed by atoms with van der Waals surface area (Å²) in [6, 6.07) is 12.8. The van der Waals surface area contributed by atoms with E-state index in [2.05, 4.69) is 6.92 Å². The van der Waals surface area contributed by atoms with Crippen LogP contribution in [0.2, 0.25) is 0 Å². The number of hydrogen-bond donors (Lipinski definition) is 0. The number of benzene rings is 2. The molecule has 2 rings (SSSR count). The number of carbonyl (C=O) groups is 1. The van der Waals surface area contributed by atoms with E-state index in [9.17, 15) is 19.1 Å². The average molecular weight is 361 g/mol. The summed E-state index contributed by atoms with van der Waals surface area (Å²) in [5.41, 5.74) is 0.888. The lowest BCUT2D eigenvalue weighted by atomic mass is 10.1. The molecular formula is C18H19NO5S. The van der Waals surface area contributed by atoms with Crippen LogP contribution in [0.25, 0.3) is 0 Å². The van der Waals surface area contributed by atoms with Crippen LogP contribution in [0.15, 0.2) is 53.4 Å². The van der Waals surface area contributed by atoms with Gasteiger partial charge in [-0.1, -0.05) is 37.6 Å². The van der Waals surface area contributed by atoms with Crippen LogP contribution in [0.1, 0.15) is 25.3 Å². The molecule has 2 aromatic rings. The first-order valence-electron chi connectivity index (χ1n) is 7.92. The lowest BCUT2D eigenvalue weighted by molar-refractivity contribution is -0.387. The number of para-hydroxylation sites is 1. The number of unbranched alkanes of at least 4 members (excludes halogenated alkanes) is 1. The number of carbonyl (C=O) groups excluding carboxylic acids is 1. The minimum Gasteiger partial charge on any atom is -0.426 e. The summed E-state index contributed by atoms with van der Waals surface area (Å²) >= 11 is 0. The molecule has 0 aliphatic heterocycles. The maximum atomic E-state index is 12.2. The highest BCUT2D eigenvalue weighted by Crippen LogP contribution is 2.22. The normalized spacial score (nSPS) is 11.7. The Labute approximate surface area is 148 Å². The number of rotatable bonds is 8. The third kappa shape index (κ3) is 5.49. The maximum Gasteiger partial charge on any atom is 0.324 e. The Kier molecular flexibility index (Phi) is 6.82. The standard InChI is InChI=1S/C18H19NO5S/c1-2-3-6-14-9-11-15(12-10-14)24-18(20)13-25(23)17-8-5-4-7-16(17)19(21)22/h4-5,7-12H,2-3,6,13H2,1H3/t25-/m1/s1. The zero-order valence-corrected chi connectivity index (χ0v) is 14.7. The minimum absolute atomic E-state index is 0.0133. The maximum absolute atomic E-state index is 12.2. The van der Waals surface area contributed by atoms with Crippen LogP contribution in [0, 0.1) is 10.1 Å². The Morgan fingerprint density at radius 1 is 1.16 bits per heavy atom. The van der Waals surface area contributed by atoms with E-state index in [1.54, 1.807) is 18.2 Å². The van der Waals surface area contributed by atoms with Gasteiger partial charge in [-0.25, -0.2) is 0 Å². The molecule has 0 aliphatic rings. The molecule has 0 heterocycles. The van der Waals surface area contributed by atoms with E-state index in [1.165, 1.54) is 18.2 Å². The lowest BCUT2D eigenvalue weighted by Crippen LogP contribution is -2.17. The van der Waals surface area contributed by atoms with E-state index < -0.39 is 27.4 Å². The highest BCUT2D eigenvalue weighted by molar-refractivity contribution is 7.85. The quantitative estimate of drug-likeness (QED) is 0.310. The fourth-order valence-electron chi connectivity index (χ4n) is 2.25. The largest absolute Gasteiger partial charge is 0.426 e. The monoisotopic (exact) mass is 361 g/mol. The summed E-state index contributed by atoms with van der Waals surface area (Å²) in [4.78, 5) is 22.3. The average Bonchev–Trinajstić information content (AvgIpc) is 2.61. The predicted octanol–water partition coefficient (Wildman–Crippen LogP) is 3.65. The van der Waals surface area contributed by atoms with Crippen molar-refractivity contribution in [2.75, 3.05) is 5.75 Å². The Morgan fingerprint density at radius 2 is 1.84 bits per heavy atom. The van der Waals surface area contributed by atoms with Crippen molar-refractivity contribution in [3.8, 4) is 5.75 Å². The smallest absolute Gasteiger partial charge is 0.324 e. The summed E-state index contributed by atoms with van der Waals surface area (Å²) in [6.07, 6.45) is 3.16. The van der Waals surface area contributed by atoms with Gasteiger partial charge in [0.2, 0.25) is 0 Å². The molecule has 0 aromatic heterocycles. The molecular weight excluding hydrogens is 342 g/mol. The van der Waals surface area contributed by atoms with Gasteiger partial charge in [-0.15, -0.1) is 0 Å². The first kappa shape index (κ1) is 18.8. The number of nitro benzene ring substituents is 1. The molecule has 132 valence electrons. The minimum atomic E-state index is -1.84. The molecule has 25 heavy (non-hydrogen) atoms. The van der Waals surface area contributed by atoms with Crippen LogP contribution in [-0.2, 0) is 22.0 Å². The highest BCUT2D eigenvalue weighted by atomic mass is 32.2. The second-order valence-corrected chi connectivity index (χ2v) is 6.86. The van der Waals surface area contributed by atoms with Crippen LogP contribution in [0.3, 0.4) is 0 Å². The number of esters is 1. The summed E-state index contributed by atoms with van der Waals surface area (Å²) in [7, 11) is -1.84. The second-order valence-electron chi connectivity index (χ2n) is 5.44. The fourth-order valence-corrected chi connectivity index (χ4v) is 3.29.